The summed E-state index contributed by atoms with van der Waals surface area (Å²) in [5.74, 6) is 0.300. The van der Waals surface area contributed by atoms with Gasteiger partial charge in [-0.3, -0.25) is 4.90 Å². The molecule has 2 aliphatic rings. The molecule has 1 aliphatic carbocycles. The van der Waals surface area contributed by atoms with Crippen LogP contribution in [0.2, 0.25) is 0 Å². The van der Waals surface area contributed by atoms with Crippen molar-refractivity contribution in [2.45, 2.75) is 37.8 Å². The van der Waals surface area contributed by atoms with E-state index in [0.29, 0.717) is 23.0 Å². The Morgan fingerprint density at radius 2 is 2.11 bits per heavy atom. The Kier molecular flexibility index (Phi) is 3.92. The highest BCUT2D eigenvalue weighted by Crippen LogP contribution is 2.43. The van der Waals surface area contributed by atoms with Crippen LogP contribution in [-0.4, -0.2) is 24.0 Å². The first-order valence-electron chi connectivity index (χ1n) is 7.11. The number of piperidine rings is 1. The number of benzene rings is 1. The Morgan fingerprint density at radius 3 is 2.74 bits per heavy atom. The van der Waals surface area contributed by atoms with Gasteiger partial charge in [0.25, 0.3) is 0 Å². The van der Waals surface area contributed by atoms with Crippen molar-refractivity contribution in [2.24, 2.45) is 11.7 Å². The zero-order valence-corrected chi connectivity index (χ0v) is 12.6. The van der Waals surface area contributed by atoms with Crippen molar-refractivity contribution >= 4 is 15.9 Å². The van der Waals surface area contributed by atoms with E-state index in [2.05, 4.69) is 20.8 Å². The summed E-state index contributed by atoms with van der Waals surface area (Å²) in [7, 11) is 0. The fraction of sp³-hybridized carbons (Fsp3) is 0.600. The molecular formula is C15H20BrFN2. The van der Waals surface area contributed by atoms with Crippen LogP contribution in [0.4, 0.5) is 4.39 Å². The molecule has 104 valence electrons. The maximum Gasteiger partial charge on any atom is 0.137 e. The third kappa shape index (κ3) is 2.71. The highest BCUT2D eigenvalue weighted by atomic mass is 79.9. The summed E-state index contributed by atoms with van der Waals surface area (Å²) < 4.78 is 14.0. The summed E-state index contributed by atoms with van der Waals surface area (Å²) in [5.41, 5.74) is 7.17. The van der Waals surface area contributed by atoms with E-state index >= 15 is 0 Å². The lowest BCUT2D eigenvalue weighted by Gasteiger charge is -2.41. The molecule has 0 radical (unpaired) electrons. The SMILES string of the molecule is NCC1CCCN(C2CC2)C1c1ccc(F)c(Br)c1. The van der Waals surface area contributed by atoms with Crippen molar-refractivity contribution in [1.29, 1.82) is 0 Å². The van der Waals surface area contributed by atoms with Crippen molar-refractivity contribution in [3.63, 3.8) is 0 Å². The van der Waals surface area contributed by atoms with E-state index in [1.807, 2.05) is 12.1 Å². The maximum absolute atomic E-state index is 13.4. The quantitative estimate of drug-likeness (QED) is 0.921. The van der Waals surface area contributed by atoms with E-state index in [-0.39, 0.29) is 5.82 Å². The number of likely N-dealkylation sites (tertiary alicyclic amines) is 1. The summed E-state index contributed by atoms with van der Waals surface area (Å²) in [6.45, 7) is 1.86. The lowest BCUT2D eigenvalue weighted by atomic mass is 9.84. The van der Waals surface area contributed by atoms with Crippen LogP contribution in [0.3, 0.4) is 0 Å². The molecule has 0 amide bonds. The standard InChI is InChI=1S/C15H20BrFN2/c16-13-8-10(3-6-14(13)17)15-11(9-18)2-1-7-19(15)12-4-5-12/h3,6,8,11-12,15H,1-2,4-5,7,9,18H2. The third-order valence-electron chi connectivity index (χ3n) is 4.40. The topological polar surface area (TPSA) is 29.3 Å². The van der Waals surface area contributed by atoms with E-state index in [1.54, 1.807) is 6.07 Å². The van der Waals surface area contributed by atoms with Gasteiger partial charge in [0.15, 0.2) is 0 Å². The van der Waals surface area contributed by atoms with Crippen LogP contribution in [0, 0.1) is 11.7 Å². The second-order valence-corrected chi connectivity index (χ2v) is 6.58. The molecule has 4 heteroatoms. The Balaban J connectivity index is 1.93. The number of rotatable bonds is 3. The van der Waals surface area contributed by atoms with Crippen molar-refractivity contribution in [2.75, 3.05) is 13.1 Å². The molecule has 0 bridgehead atoms. The van der Waals surface area contributed by atoms with Crippen LogP contribution in [0.5, 0.6) is 0 Å². The second-order valence-electron chi connectivity index (χ2n) is 5.73. The van der Waals surface area contributed by atoms with Gasteiger partial charge in [0, 0.05) is 12.1 Å². The third-order valence-corrected chi connectivity index (χ3v) is 5.01. The maximum atomic E-state index is 13.4. The Bertz CT molecular complexity index is 461. The summed E-state index contributed by atoms with van der Waals surface area (Å²) >= 11 is 3.30. The number of hydrogen-bond donors (Lipinski definition) is 1. The molecule has 1 aromatic rings. The van der Waals surface area contributed by atoms with Crippen molar-refractivity contribution < 1.29 is 4.39 Å². The summed E-state index contributed by atoms with van der Waals surface area (Å²) in [4.78, 5) is 2.60. The lowest BCUT2D eigenvalue weighted by molar-refractivity contribution is 0.0879. The molecule has 2 fully saturated rings. The van der Waals surface area contributed by atoms with Crippen LogP contribution in [0.15, 0.2) is 22.7 Å². The number of hydrogen-bond acceptors (Lipinski definition) is 2. The summed E-state index contributed by atoms with van der Waals surface area (Å²) in [5, 5.41) is 0. The number of halogens is 2. The van der Waals surface area contributed by atoms with Crippen LogP contribution in [0.25, 0.3) is 0 Å². The number of nitrogens with two attached hydrogens (primary N) is 1. The van der Waals surface area contributed by atoms with Gasteiger partial charge in [-0.05, 0) is 78.3 Å². The highest BCUT2D eigenvalue weighted by Gasteiger charge is 2.40. The average molecular weight is 327 g/mol. The first kappa shape index (κ1) is 13.5. The molecule has 2 atom stereocenters. The van der Waals surface area contributed by atoms with Gasteiger partial charge in [0.05, 0.1) is 4.47 Å². The summed E-state index contributed by atoms with van der Waals surface area (Å²) in [6, 6.07) is 6.51. The number of nitrogens with zero attached hydrogens (tertiary/aromatic N) is 1. The van der Waals surface area contributed by atoms with Crippen molar-refractivity contribution in [1.82, 2.24) is 4.90 Å². The Morgan fingerprint density at radius 1 is 1.32 bits per heavy atom. The fourth-order valence-electron chi connectivity index (χ4n) is 3.33. The molecule has 2 nitrogen and oxygen atoms in total. The average Bonchev–Trinajstić information content (AvgIpc) is 3.25. The molecule has 0 aromatic heterocycles. The minimum atomic E-state index is -0.193. The fourth-order valence-corrected chi connectivity index (χ4v) is 3.72. The van der Waals surface area contributed by atoms with Gasteiger partial charge in [-0.2, -0.15) is 0 Å². The van der Waals surface area contributed by atoms with Crippen LogP contribution in [-0.2, 0) is 0 Å². The van der Waals surface area contributed by atoms with Gasteiger partial charge in [0.1, 0.15) is 5.82 Å². The molecule has 2 N–H and O–H groups in total. The molecule has 3 rings (SSSR count). The predicted octanol–water partition coefficient (Wildman–Crippen LogP) is 3.46. The molecule has 1 heterocycles. The van der Waals surface area contributed by atoms with E-state index in [1.165, 1.54) is 31.2 Å². The zero-order chi connectivity index (χ0) is 13.4. The van der Waals surface area contributed by atoms with E-state index in [0.717, 1.165) is 12.6 Å². The smallest absolute Gasteiger partial charge is 0.137 e. The van der Waals surface area contributed by atoms with Crippen LogP contribution in [0.1, 0.15) is 37.3 Å². The molecule has 1 aliphatic heterocycles. The van der Waals surface area contributed by atoms with Crippen molar-refractivity contribution in [3.8, 4) is 0 Å². The van der Waals surface area contributed by atoms with Crippen molar-refractivity contribution in [3.05, 3.63) is 34.1 Å². The van der Waals surface area contributed by atoms with Gasteiger partial charge in [-0.1, -0.05) is 6.07 Å². The minimum Gasteiger partial charge on any atom is -0.330 e. The summed E-state index contributed by atoms with van der Waals surface area (Å²) in [6.07, 6.45) is 5.02. The van der Waals surface area contributed by atoms with Crippen LogP contribution < -0.4 is 5.73 Å². The molecule has 1 saturated heterocycles. The zero-order valence-electron chi connectivity index (χ0n) is 11.0. The second kappa shape index (κ2) is 5.51. The molecule has 19 heavy (non-hydrogen) atoms. The largest absolute Gasteiger partial charge is 0.330 e. The molecule has 1 aromatic carbocycles. The van der Waals surface area contributed by atoms with Gasteiger partial charge in [-0.25, -0.2) is 4.39 Å². The monoisotopic (exact) mass is 326 g/mol. The molecule has 0 spiro atoms. The van der Waals surface area contributed by atoms with E-state index in [4.69, 9.17) is 5.73 Å². The highest BCUT2D eigenvalue weighted by molar-refractivity contribution is 9.10. The van der Waals surface area contributed by atoms with E-state index in [9.17, 15) is 4.39 Å². The Labute approximate surface area is 122 Å². The van der Waals surface area contributed by atoms with E-state index < -0.39 is 0 Å². The molecule has 2 unspecified atom stereocenters. The van der Waals surface area contributed by atoms with Gasteiger partial charge < -0.3 is 5.73 Å². The molecule has 1 saturated carbocycles. The van der Waals surface area contributed by atoms with Gasteiger partial charge >= 0.3 is 0 Å². The minimum absolute atomic E-state index is 0.193. The first-order chi connectivity index (χ1) is 9.20. The van der Waals surface area contributed by atoms with Gasteiger partial charge in [0.2, 0.25) is 0 Å². The van der Waals surface area contributed by atoms with Crippen LogP contribution >= 0.6 is 15.9 Å². The lowest BCUT2D eigenvalue weighted by Crippen LogP contribution is -2.42. The normalized spacial score (nSPS) is 28.6. The van der Waals surface area contributed by atoms with Gasteiger partial charge in [-0.15, -0.1) is 0 Å². The Hall–Kier alpha value is -0.450. The predicted molar refractivity (Wildman–Crippen MR) is 78.3 cm³/mol. The first-order valence-corrected chi connectivity index (χ1v) is 7.90. The molecular weight excluding hydrogens is 307 g/mol.